The molecule has 0 fully saturated rings. The summed E-state index contributed by atoms with van der Waals surface area (Å²) in [7, 11) is 0. The number of rotatable bonds is 15. The highest BCUT2D eigenvalue weighted by atomic mass is 14.9. The molecule has 0 radical (unpaired) electrons. The molecule has 68 heavy (non-hydrogen) atoms. The highest BCUT2D eigenvalue weighted by Gasteiger charge is 2.18. The number of hydrogen-bond donors (Lipinski definition) is 3. The smallest absolute Gasteiger partial charge is 0.0582 e. The molecule has 3 heteroatoms. The summed E-state index contributed by atoms with van der Waals surface area (Å²) in [6, 6.07) is 91.0. The number of aryl methyl sites for hydroxylation is 1. The molecule has 10 aromatic rings. The topological polar surface area (TPSA) is 50.1 Å². The minimum absolute atomic E-state index is 0.00319. The van der Waals surface area contributed by atoms with Crippen molar-refractivity contribution >= 4 is 5.69 Å². The van der Waals surface area contributed by atoms with E-state index in [1.807, 2.05) is 0 Å². The van der Waals surface area contributed by atoms with E-state index < -0.39 is 0 Å². The van der Waals surface area contributed by atoms with E-state index in [0.29, 0.717) is 13.1 Å². The van der Waals surface area contributed by atoms with Crippen LogP contribution in [0.2, 0.25) is 0 Å². The largest absolute Gasteiger partial charge is 0.381 e. The van der Waals surface area contributed by atoms with Crippen molar-refractivity contribution in [3.8, 4) is 55.6 Å². The van der Waals surface area contributed by atoms with Gasteiger partial charge < -0.3 is 16.4 Å². The maximum atomic E-state index is 7.09. The van der Waals surface area contributed by atoms with Crippen LogP contribution in [0.3, 0.4) is 0 Å². The van der Waals surface area contributed by atoms with Crippen LogP contribution in [0.4, 0.5) is 5.69 Å². The number of benzene rings is 10. The lowest BCUT2D eigenvalue weighted by Crippen LogP contribution is -2.23. The van der Waals surface area contributed by atoms with Gasteiger partial charge in [-0.05, 0) is 144 Å². The highest BCUT2D eigenvalue weighted by Crippen LogP contribution is 2.34. The van der Waals surface area contributed by atoms with Gasteiger partial charge in [-0.2, -0.15) is 0 Å². The second-order valence-electron chi connectivity index (χ2n) is 17.6. The summed E-state index contributed by atoms with van der Waals surface area (Å²) >= 11 is 0. The molecule has 3 nitrogen and oxygen atoms in total. The summed E-state index contributed by atoms with van der Waals surface area (Å²) in [6.07, 6.45) is 0. The normalized spacial score (nSPS) is 12.0. The Morgan fingerprint density at radius 2 is 0.735 bits per heavy atom. The van der Waals surface area contributed by atoms with Crippen molar-refractivity contribution in [1.82, 2.24) is 5.32 Å². The summed E-state index contributed by atoms with van der Waals surface area (Å²) < 4.78 is 0. The Hall–Kier alpha value is -8.08. The molecule has 10 rings (SSSR count). The zero-order chi connectivity index (χ0) is 46.1. The number of nitrogens with two attached hydrogens (primary N) is 1. The number of nitrogens with one attached hydrogen (secondary N) is 2. The van der Waals surface area contributed by atoms with Crippen LogP contribution in [0.1, 0.15) is 51.0 Å². The molecule has 330 valence electrons. The van der Waals surface area contributed by atoms with Crippen molar-refractivity contribution in [3.05, 3.63) is 294 Å². The molecule has 0 spiro atoms. The van der Waals surface area contributed by atoms with Crippen LogP contribution < -0.4 is 16.4 Å². The van der Waals surface area contributed by atoms with Crippen molar-refractivity contribution in [3.63, 3.8) is 0 Å². The van der Waals surface area contributed by atoms with Crippen LogP contribution >= 0.6 is 0 Å². The van der Waals surface area contributed by atoms with Gasteiger partial charge in [0, 0.05) is 18.8 Å². The van der Waals surface area contributed by atoms with Crippen LogP contribution in [-0.2, 0) is 13.1 Å². The molecule has 0 aromatic heterocycles. The molecule has 0 amide bonds. The van der Waals surface area contributed by atoms with Gasteiger partial charge in [0.05, 0.1) is 12.1 Å². The van der Waals surface area contributed by atoms with Gasteiger partial charge in [0.2, 0.25) is 0 Å². The third-order valence-corrected chi connectivity index (χ3v) is 13.0. The van der Waals surface area contributed by atoms with Gasteiger partial charge >= 0.3 is 0 Å². The highest BCUT2D eigenvalue weighted by molar-refractivity contribution is 5.75. The van der Waals surface area contributed by atoms with Gasteiger partial charge in [0.15, 0.2) is 0 Å². The third-order valence-electron chi connectivity index (χ3n) is 13.0. The Balaban J connectivity index is 0.841. The Morgan fingerprint density at radius 3 is 1.31 bits per heavy atom. The summed E-state index contributed by atoms with van der Waals surface area (Å²) in [4.78, 5) is 0. The van der Waals surface area contributed by atoms with Crippen molar-refractivity contribution in [2.24, 2.45) is 5.73 Å². The first-order valence-electron chi connectivity index (χ1n) is 23.6. The number of para-hydroxylation sites is 1. The van der Waals surface area contributed by atoms with Crippen LogP contribution in [0.5, 0.6) is 0 Å². The quantitative estimate of drug-likeness (QED) is 0.0962. The fraction of sp³-hybridized carbons (Fsp3) is 0.0769. The lowest BCUT2D eigenvalue weighted by Gasteiger charge is -2.23. The van der Waals surface area contributed by atoms with E-state index in [2.05, 4.69) is 272 Å². The first-order chi connectivity index (χ1) is 33.5. The fourth-order valence-electron chi connectivity index (χ4n) is 9.39. The summed E-state index contributed by atoms with van der Waals surface area (Å²) in [6.45, 7) is 3.58. The second-order valence-corrected chi connectivity index (χ2v) is 17.6. The van der Waals surface area contributed by atoms with Crippen LogP contribution in [0.15, 0.2) is 255 Å². The van der Waals surface area contributed by atoms with Crippen molar-refractivity contribution in [1.29, 1.82) is 0 Å². The monoisotopic (exact) mass is 877 g/mol. The van der Waals surface area contributed by atoms with Gasteiger partial charge in [-0.25, -0.2) is 0 Å². The lowest BCUT2D eigenvalue weighted by atomic mass is 9.91. The number of hydrogen-bond acceptors (Lipinski definition) is 3. The molecular weight excluding hydrogens is 823 g/mol. The molecule has 2 atom stereocenters. The Kier molecular flexibility index (Phi) is 13.3. The maximum Gasteiger partial charge on any atom is 0.0582 e. The zero-order valence-corrected chi connectivity index (χ0v) is 38.4. The van der Waals surface area contributed by atoms with Gasteiger partial charge in [-0.1, -0.05) is 212 Å². The molecule has 0 aliphatic carbocycles. The van der Waals surface area contributed by atoms with E-state index in [1.54, 1.807) is 0 Å². The molecule has 10 aromatic carbocycles. The molecule has 0 aliphatic heterocycles. The minimum atomic E-state index is -0.301. The van der Waals surface area contributed by atoms with Crippen molar-refractivity contribution in [2.45, 2.75) is 32.1 Å². The van der Waals surface area contributed by atoms with Crippen LogP contribution in [0.25, 0.3) is 55.6 Å². The van der Waals surface area contributed by atoms with Crippen molar-refractivity contribution < 1.29 is 0 Å². The standard InChI is InChI=1S/C65H55N3/c1-46-18-8-9-35-61(46)65(60-34-17-32-58(43-60)56-30-15-28-54(41-56)50-23-6-3-7-24-50)68-45-48-20-13-26-52(39-48)51-25-12-19-47(38-51)44-67-63-37-11-10-36-62(63)64(66)59-33-16-31-57(42-59)55-29-14-27-53(40-55)49-21-4-2-5-22-49/h2-43,64-65,67-68H,44-45,66H2,1H3. The minimum Gasteiger partial charge on any atom is -0.381 e. The molecule has 0 saturated carbocycles. The summed E-state index contributed by atoms with van der Waals surface area (Å²) in [5.41, 5.74) is 28.4. The first-order valence-corrected chi connectivity index (χ1v) is 23.6. The summed E-state index contributed by atoms with van der Waals surface area (Å²) in [5, 5.41) is 7.72. The molecule has 0 aliphatic rings. The van der Waals surface area contributed by atoms with E-state index in [4.69, 9.17) is 5.73 Å². The summed E-state index contributed by atoms with van der Waals surface area (Å²) in [5.74, 6) is 0. The molecule has 0 saturated heterocycles. The van der Waals surface area contributed by atoms with Crippen LogP contribution in [-0.4, -0.2) is 0 Å². The predicted molar refractivity (Wildman–Crippen MR) is 286 cm³/mol. The van der Waals surface area contributed by atoms with Gasteiger partial charge in [-0.3, -0.25) is 0 Å². The molecular formula is C65H55N3. The second kappa shape index (κ2) is 20.6. The molecule has 2 unspecified atom stereocenters. The van der Waals surface area contributed by atoms with Gasteiger partial charge in [0.25, 0.3) is 0 Å². The SMILES string of the molecule is Cc1ccccc1C(NCc1cccc(-c2cccc(CNc3ccccc3C(N)c3cccc(-c4cccc(-c5ccccc5)c4)c3)c2)c1)c1cccc(-c2cccc(-c3ccccc3)c2)c1. The molecule has 0 heterocycles. The molecule has 4 N–H and O–H groups in total. The van der Waals surface area contributed by atoms with E-state index in [1.165, 1.54) is 77.9 Å². The van der Waals surface area contributed by atoms with E-state index in [0.717, 1.165) is 22.4 Å². The van der Waals surface area contributed by atoms with Gasteiger partial charge in [-0.15, -0.1) is 0 Å². The first kappa shape index (κ1) is 43.8. The van der Waals surface area contributed by atoms with E-state index in [9.17, 15) is 0 Å². The zero-order valence-electron chi connectivity index (χ0n) is 38.4. The third kappa shape index (κ3) is 10.2. The average molecular weight is 878 g/mol. The fourth-order valence-corrected chi connectivity index (χ4v) is 9.39. The van der Waals surface area contributed by atoms with Gasteiger partial charge in [0.1, 0.15) is 0 Å². The number of anilines is 1. The Labute approximate surface area is 401 Å². The van der Waals surface area contributed by atoms with Crippen molar-refractivity contribution in [2.75, 3.05) is 5.32 Å². The van der Waals surface area contributed by atoms with E-state index in [-0.39, 0.29) is 12.1 Å². The van der Waals surface area contributed by atoms with Crippen LogP contribution in [0, 0.1) is 6.92 Å². The molecule has 0 bridgehead atoms. The average Bonchev–Trinajstić information content (AvgIpc) is 3.41. The predicted octanol–water partition coefficient (Wildman–Crippen LogP) is 15.9. The Morgan fingerprint density at radius 1 is 0.338 bits per heavy atom. The van der Waals surface area contributed by atoms with E-state index >= 15 is 0 Å². The lowest BCUT2D eigenvalue weighted by molar-refractivity contribution is 0.603. The maximum absolute atomic E-state index is 7.09. The Bertz CT molecular complexity index is 3280.